The normalized spacial score (nSPS) is 23.0. The minimum atomic E-state index is -0.530. The summed E-state index contributed by atoms with van der Waals surface area (Å²) < 4.78 is 18.0. The van der Waals surface area contributed by atoms with E-state index in [9.17, 15) is 14.4 Å². The molecular formula is C26H30O6S. The van der Waals surface area contributed by atoms with Crippen LogP contribution in [0.5, 0.6) is 0 Å². The van der Waals surface area contributed by atoms with Crippen molar-refractivity contribution in [1.82, 2.24) is 0 Å². The molecule has 7 heteroatoms. The Morgan fingerprint density at radius 3 is 2.24 bits per heavy atom. The van der Waals surface area contributed by atoms with Crippen LogP contribution in [0.3, 0.4) is 0 Å². The molecule has 6 nitrogen and oxygen atoms in total. The Balaban J connectivity index is 1.77. The van der Waals surface area contributed by atoms with Crippen molar-refractivity contribution in [1.29, 1.82) is 0 Å². The molecule has 1 saturated heterocycles. The summed E-state index contributed by atoms with van der Waals surface area (Å²) in [6.07, 6.45) is -0.729. The molecule has 5 atom stereocenters. The van der Waals surface area contributed by atoms with Crippen molar-refractivity contribution in [3.8, 4) is 0 Å². The molecule has 2 aromatic carbocycles. The van der Waals surface area contributed by atoms with Gasteiger partial charge in [0.1, 0.15) is 29.5 Å². The zero-order valence-corrected chi connectivity index (χ0v) is 20.0. The number of hydrogen-bond donors (Lipinski definition) is 0. The maximum Gasteiger partial charge on any atom is 0.338 e. The second-order valence-electron chi connectivity index (χ2n) is 8.13. The number of benzene rings is 2. The molecule has 1 aliphatic heterocycles. The van der Waals surface area contributed by atoms with Gasteiger partial charge in [0, 0.05) is 17.2 Å². The largest absolute Gasteiger partial charge is 0.460 e. The van der Waals surface area contributed by atoms with Crippen LogP contribution in [0.4, 0.5) is 0 Å². The number of carbonyl (C=O) groups excluding carboxylic acids is 3. The second kappa shape index (κ2) is 12.0. The third kappa shape index (κ3) is 6.92. The van der Waals surface area contributed by atoms with Crippen molar-refractivity contribution >= 4 is 29.5 Å². The van der Waals surface area contributed by atoms with Gasteiger partial charge in [-0.15, -0.1) is 0 Å². The van der Waals surface area contributed by atoms with Gasteiger partial charge >= 0.3 is 11.9 Å². The third-order valence-electron chi connectivity index (χ3n) is 5.58. The molecule has 0 aromatic heterocycles. The first-order valence-electron chi connectivity index (χ1n) is 11.2. The van der Waals surface area contributed by atoms with Crippen LogP contribution in [0.1, 0.15) is 50.4 Å². The number of carbonyl (C=O) groups is 3. The fourth-order valence-corrected chi connectivity index (χ4v) is 4.97. The van der Waals surface area contributed by atoms with Crippen LogP contribution in [0.2, 0.25) is 0 Å². The summed E-state index contributed by atoms with van der Waals surface area (Å²) in [6.45, 7) is 5.32. The number of Topliss-reactive ketones (excluding diaryl/α,β-unsaturated/α-hetero) is 1. The molecule has 0 saturated carbocycles. The summed E-state index contributed by atoms with van der Waals surface area (Å²) in [5.41, 5.74) is 0.0179. The molecule has 1 aliphatic rings. The van der Waals surface area contributed by atoms with Gasteiger partial charge in [-0.05, 0) is 37.6 Å². The van der Waals surface area contributed by atoms with Gasteiger partial charge in [-0.25, -0.2) is 4.79 Å². The minimum absolute atomic E-state index is 0.0432. The van der Waals surface area contributed by atoms with Gasteiger partial charge in [-0.3, -0.25) is 4.79 Å². The molecule has 176 valence electrons. The van der Waals surface area contributed by atoms with Crippen molar-refractivity contribution in [3.05, 3.63) is 66.2 Å². The summed E-state index contributed by atoms with van der Waals surface area (Å²) in [5.74, 6) is -1.10. The van der Waals surface area contributed by atoms with Gasteiger partial charge in [0.05, 0.1) is 12.0 Å². The van der Waals surface area contributed by atoms with Crippen LogP contribution < -0.4 is 0 Å². The van der Waals surface area contributed by atoms with Crippen LogP contribution in [-0.2, 0) is 23.8 Å². The molecule has 2 aromatic rings. The molecule has 0 N–H and O–H groups in total. The van der Waals surface area contributed by atoms with Crippen molar-refractivity contribution in [2.24, 2.45) is 5.92 Å². The fourth-order valence-electron chi connectivity index (χ4n) is 3.76. The Bertz CT molecular complexity index is 932. The molecule has 1 heterocycles. The van der Waals surface area contributed by atoms with Gasteiger partial charge in [-0.2, -0.15) is 0 Å². The smallest absolute Gasteiger partial charge is 0.338 e. The van der Waals surface area contributed by atoms with E-state index in [1.807, 2.05) is 50.2 Å². The minimum Gasteiger partial charge on any atom is -0.460 e. The van der Waals surface area contributed by atoms with E-state index >= 15 is 0 Å². The van der Waals surface area contributed by atoms with Gasteiger partial charge in [-0.1, -0.05) is 62.0 Å². The standard InChI is InChI=1S/C26H30O6S/c1-4-21(30-22(28)16-15-17(2)27)23-18(3)24(31-25(29)19-11-7-5-8-12-19)26(32-23)33-20-13-9-6-10-14-20/h5-14,18,21,23-24,26H,4,15-16H2,1-3H3/t18-,21-,23-,24?,26+/m1/s1. The Morgan fingerprint density at radius 1 is 1.00 bits per heavy atom. The molecule has 0 aliphatic carbocycles. The first kappa shape index (κ1) is 25.0. The van der Waals surface area contributed by atoms with E-state index in [2.05, 4.69) is 0 Å². The average molecular weight is 471 g/mol. The molecular weight excluding hydrogens is 440 g/mol. The zero-order valence-electron chi connectivity index (χ0n) is 19.1. The maximum absolute atomic E-state index is 12.8. The summed E-state index contributed by atoms with van der Waals surface area (Å²) in [4.78, 5) is 37.3. The van der Waals surface area contributed by atoms with E-state index in [0.717, 1.165) is 4.90 Å². The number of ether oxygens (including phenoxy) is 3. The molecule has 3 rings (SSSR count). The first-order valence-corrected chi connectivity index (χ1v) is 12.1. The van der Waals surface area contributed by atoms with Crippen molar-refractivity contribution in [2.45, 2.75) is 68.7 Å². The zero-order chi connectivity index (χ0) is 23.8. The van der Waals surface area contributed by atoms with Crippen LogP contribution >= 0.6 is 11.8 Å². The lowest BCUT2D eigenvalue weighted by Gasteiger charge is -2.26. The number of rotatable bonds is 10. The maximum atomic E-state index is 12.8. The molecule has 1 unspecified atom stereocenters. The van der Waals surface area contributed by atoms with Gasteiger partial charge < -0.3 is 19.0 Å². The summed E-state index contributed by atoms with van der Waals surface area (Å²) >= 11 is 1.48. The fraction of sp³-hybridized carbons (Fsp3) is 0.423. The quantitative estimate of drug-likeness (QED) is 0.449. The molecule has 0 spiro atoms. The predicted octanol–water partition coefficient (Wildman–Crippen LogP) is 5.06. The molecule has 0 bridgehead atoms. The second-order valence-corrected chi connectivity index (χ2v) is 9.31. The predicted molar refractivity (Wildman–Crippen MR) is 126 cm³/mol. The number of thioether (sulfide) groups is 1. The highest BCUT2D eigenvalue weighted by Gasteiger charge is 2.48. The molecule has 0 amide bonds. The Hall–Kier alpha value is -2.64. The van der Waals surface area contributed by atoms with Crippen LogP contribution in [0, 0.1) is 5.92 Å². The molecule has 1 fully saturated rings. The van der Waals surface area contributed by atoms with E-state index in [-0.39, 0.29) is 24.5 Å². The SMILES string of the molecule is CC[C@@H](OC(=O)CCC(C)=O)[C@@H]1O[C@@H](Sc2ccccc2)C(OC(=O)c2ccccc2)[C@@H]1C. The Labute approximate surface area is 199 Å². The van der Waals surface area contributed by atoms with Gasteiger partial charge in [0.2, 0.25) is 0 Å². The third-order valence-corrected chi connectivity index (χ3v) is 6.73. The van der Waals surface area contributed by atoms with Crippen molar-refractivity contribution in [3.63, 3.8) is 0 Å². The highest BCUT2D eigenvalue weighted by molar-refractivity contribution is 7.99. The van der Waals surface area contributed by atoms with Crippen LogP contribution in [0.15, 0.2) is 65.6 Å². The molecule has 33 heavy (non-hydrogen) atoms. The van der Waals surface area contributed by atoms with Crippen LogP contribution in [-0.4, -0.2) is 41.5 Å². The first-order chi connectivity index (χ1) is 15.9. The van der Waals surface area contributed by atoms with Crippen molar-refractivity contribution in [2.75, 3.05) is 0 Å². The lowest BCUT2D eigenvalue weighted by molar-refractivity contribution is -0.158. The number of hydrogen-bond acceptors (Lipinski definition) is 7. The Kier molecular flexibility index (Phi) is 9.09. The average Bonchev–Trinajstić information content (AvgIpc) is 3.12. The van der Waals surface area contributed by atoms with Gasteiger partial charge in [0.25, 0.3) is 0 Å². The van der Waals surface area contributed by atoms with E-state index in [1.54, 1.807) is 24.3 Å². The van der Waals surface area contributed by atoms with E-state index in [4.69, 9.17) is 14.2 Å². The van der Waals surface area contributed by atoms with Gasteiger partial charge in [0.15, 0.2) is 0 Å². The van der Waals surface area contributed by atoms with Crippen LogP contribution in [0.25, 0.3) is 0 Å². The van der Waals surface area contributed by atoms with Crippen molar-refractivity contribution < 1.29 is 28.6 Å². The number of ketones is 1. The monoisotopic (exact) mass is 470 g/mol. The highest BCUT2D eigenvalue weighted by Crippen LogP contribution is 2.41. The van der Waals surface area contributed by atoms with E-state index < -0.39 is 35.7 Å². The molecule has 0 radical (unpaired) electrons. The van der Waals surface area contributed by atoms with E-state index in [0.29, 0.717) is 12.0 Å². The Morgan fingerprint density at radius 2 is 1.64 bits per heavy atom. The van der Waals surface area contributed by atoms with E-state index in [1.165, 1.54) is 18.7 Å². The lowest BCUT2D eigenvalue weighted by Crippen LogP contribution is -2.37. The topological polar surface area (TPSA) is 78.9 Å². The summed E-state index contributed by atoms with van der Waals surface area (Å²) in [5, 5.41) is 0. The summed E-state index contributed by atoms with van der Waals surface area (Å²) in [7, 11) is 0. The summed E-state index contributed by atoms with van der Waals surface area (Å²) in [6, 6.07) is 18.6. The highest BCUT2D eigenvalue weighted by atomic mass is 32.2. The number of esters is 2. The lowest BCUT2D eigenvalue weighted by atomic mass is 9.95.